The topological polar surface area (TPSA) is 26.3 Å². The summed E-state index contributed by atoms with van der Waals surface area (Å²) >= 11 is 0.0603. The first-order chi connectivity index (χ1) is 12.3. The van der Waals surface area contributed by atoms with Crippen LogP contribution in [0.15, 0.2) is 91.0 Å². The predicted octanol–water partition coefficient (Wildman–Crippen LogP) is 3.95. The Balaban J connectivity index is 1.92. The zero-order chi connectivity index (χ0) is 17.5. The van der Waals surface area contributed by atoms with Gasteiger partial charge in [0.2, 0.25) is 0 Å². The van der Waals surface area contributed by atoms with Crippen LogP contribution in [0.2, 0.25) is 0 Å². The minimum absolute atomic E-state index is 0.0133. The number of benzene rings is 3. The molecule has 0 aliphatic rings. The molecule has 25 heavy (non-hydrogen) atoms. The van der Waals surface area contributed by atoms with Crippen molar-refractivity contribution in [1.82, 2.24) is 0 Å². The summed E-state index contributed by atoms with van der Waals surface area (Å²) in [5, 5.41) is 0. The van der Waals surface area contributed by atoms with Crippen molar-refractivity contribution in [2.24, 2.45) is 0 Å². The van der Waals surface area contributed by atoms with Gasteiger partial charge in [0.05, 0.1) is 0 Å². The monoisotopic (exact) mass is 394 g/mol. The van der Waals surface area contributed by atoms with E-state index < -0.39 is 0 Å². The Bertz CT molecular complexity index is 854. The Kier molecular flexibility index (Phi) is 5.84. The van der Waals surface area contributed by atoms with Crippen LogP contribution in [-0.4, -0.2) is 27.8 Å². The Labute approximate surface area is 154 Å². The van der Waals surface area contributed by atoms with E-state index in [1.54, 1.807) is 25.3 Å². The van der Waals surface area contributed by atoms with E-state index in [2.05, 4.69) is 24.3 Å². The van der Waals surface area contributed by atoms with Crippen molar-refractivity contribution in [1.29, 1.82) is 0 Å². The van der Waals surface area contributed by atoms with E-state index in [1.807, 2.05) is 48.5 Å². The van der Waals surface area contributed by atoms with Gasteiger partial charge in [-0.2, -0.15) is 0 Å². The molecule has 0 heterocycles. The first-order valence-electron chi connectivity index (χ1n) is 7.94. The molecule has 0 spiro atoms. The van der Waals surface area contributed by atoms with Crippen molar-refractivity contribution >= 4 is 29.7 Å². The van der Waals surface area contributed by atoms with Crippen LogP contribution in [0.1, 0.15) is 15.9 Å². The number of rotatable bonds is 6. The maximum absolute atomic E-state index is 12.7. The molecule has 0 saturated heterocycles. The number of allylic oxidation sites excluding steroid dienone is 1. The van der Waals surface area contributed by atoms with Crippen molar-refractivity contribution in [3.63, 3.8) is 0 Å². The van der Waals surface area contributed by atoms with Crippen LogP contribution in [0.4, 0.5) is 0 Å². The fraction of sp³-hybridized carbons (Fsp3) is 0.0455. The van der Waals surface area contributed by atoms with E-state index in [-0.39, 0.29) is 20.7 Å². The summed E-state index contributed by atoms with van der Waals surface area (Å²) < 4.78 is 7.47. The van der Waals surface area contributed by atoms with Gasteiger partial charge in [0.25, 0.3) is 0 Å². The van der Waals surface area contributed by atoms with Crippen LogP contribution in [0.25, 0.3) is 4.47 Å². The Morgan fingerprint density at radius 1 is 0.800 bits per heavy atom. The molecule has 0 amide bonds. The zero-order valence-electron chi connectivity index (χ0n) is 13.9. The van der Waals surface area contributed by atoms with Gasteiger partial charge in [-0.1, -0.05) is 0 Å². The molecule has 3 heteroatoms. The fourth-order valence-electron chi connectivity index (χ4n) is 2.35. The zero-order valence-corrected chi connectivity index (χ0v) is 15.6. The summed E-state index contributed by atoms with van der Waals surface area (Å²) in [6, 6.07) is 27.6. The Morgan fingerprint density at radius 2 is 1.40 bits per heavy atom. The summed E-state index contributed by atoms with van der Waals surface area (Å²) in [4.78, 5) is 12.7. The second-order valence-electron chi connectivity index (χ2n) is 5.38. The number of hydrogen-bond donors (Lipinski definition) is 0. The van der Waals surface area contributed by atoms with E-state index >= 15 is 0 Å². The van der Waals surface area contributed by atoms with Crippen molar-refractivity contribution < 1.29 is 9.53 Å². The molecule has 3 aromatic carbocycles. The summed E-state index contributed by atoms with van der Waals surface area (Å²) in [6.45, 7) is 0. The van der Waals surface area contributed by atoms with Gasteiger partial charge in [0.15, 0.2) is 0 Å². The van der Waals surface area contributed by atoms with E-state index in [1.165, 1.54) is 4.46 Å². The summed E-state index contributed by atoms with van der Waals surface area (Å²) in [5.41, 5.74) is 1.76. The van der Waals surface area contributed by atoms with Crippen LogP contribution in [0, 0.1) is 0 Å². The van der Waals surface area contributed by atoms with Crippen LogP contribution >= 0.6 is 0 Å². The van der Waals surface area contributed by atoms with Crippen molar-refractivity contribution in [3.8, 4) is 5.75 Å². The quantitative estimate of drug-likeness (QED) is 0.360. The number of carbonyl (C=O) groups is 1. The fourth-order valence-corrected chi connectivity index (χ4v) is 4.38. The van der Waals surface area contributed by atoms with E-state index in [0.29, 0.717) is 5.56 Å². The van der Waals surface area contributed by atoms with Crippen LogP contribution in [0.5, 0.6) is 5.75 Å². The third-order valence-electron chi connectivity index (χ3n) is 3.67. The van der Waals surface area contributed by atoms with Gasteiger partial charge in [-0.05, 0) is 0 Å². The standard InChI is InChI=1S/C22H18O2Se/c1-24-19-14-12-17(13-15-19)21(23)16-22(18-8-4-2-5-9-18)25-20-10-6-3-7-11-20/h2-16H,1H3. The second-order valence-corrected chi connectivity index (χ2v) is 7.72. The van der Waals surface area contributed by atoms with Gasteiger partial charge in [0, 0.05) is 0 Å². The molecule has 2 nitrogen and oxygen atoms in total. The molecule has 0 saturated carbocycles. The number of ether oxygens (including phenoxy) is 1. The van der Waals surface area contributed by atoms with Gasteiger partial charge in [0.1, 0.15) is 0 Å². The SMILES string of the molecule is COc1ccc(C(=O)C=C([Se]c2ccccc2)c2ccccc2)cc1. The molecule has 0 radical (unpaired) electrons. The molecule has 0 aliphatic carbocycles. The number of hydrogen-bond acceptors (Lipinski definition) is 2. The second kappa shape index (κ2) is 8.48. The molecule has 0 aromatic heterocycles. The van der Waals surface area contributed by atoms with Crippen LogP contribution < -0.4 is 9.20 Å². The van der Waals surface area contributed by atoms with Gasteiger partial charge in [-0.3, -0.25) is 0 Å². The molecule has 3 rings (SSSR count). The molecule has 0 aliphatic heterocycles. The first kappa shape index (κ1) is 17.2. The molecular weight excluding hydrogens is 375 g/mol. The van der Waals surface area contributed by atoms with Gasteiger partial charge in [-0.25, -0.2) is 0 Å². The van der Waals surface area contributed by atoms with Gasteiger partial charge in [-0.15, -0.1) is 0 Å². The van der Waals surface area contributed by atoms with Gasteiger partial charge >= 0.3 is 154 Å². The van der Waals surface area contributed by atoms with Crippen molar-refractivity contribution in [2.75, 3.05) is 7.11 Å². The van der Waals surface area contributed by atoms with Crippen LogP contribution in [0.3, 0.4) is 0 Å². The summed E-state index contributed by atoms with van der Waals surface area (Å²) in [7, 11) is 1.62. The van der Waals surface area contributed by atoms with E-state index in [4.69, 9.17) is 4.74 Å². The molecule has 124 valence electrons. The number of ketones is 1. The number of carbonyl (C=O) groups excluding carboxylic acids is 1. The summed E-state index contributed by atoms with van der Waals surface area (Å²) in [6.07, 6.45) is 1.77. The molecule has 0 unspecified atom stereocenters. The van der Waals surface area contributed by atoms with Crippen molar-refractivity contribution in [3.05, 3.63) is 102 Å². The average Bonchev–Trinajstić information content (AvgIpc) is 2.69. The maximum atomic E-state index is 12.7. The average molecular weight is 393 g/mol. The molecular formula is C22H18O2Se. The van der Waals surface area contributed by atoms with Crippen molar-refractivity contribution in [2.45, 2.75) is 0 Å². The normalized spacial score (nSPS) is 11.2. The number of methoxy groups -OCH3 is 1. The first-order valence-corrected chi connectivity index (χ1v) is 9.66. The Hall–Kier alpha value is -2.61. The molecule has 3 aromatic rings. The molecule has 0 fully saturated rings. The third kappa shape index (κ3) is 4.69. The third-order valence-corrected chi connectivity index (χ3v) is 5.93. The molecule has 0 atom stereocenters. The summed E-state index contributed by atoms with van der Waals surface area (Å²) in [5.74, 6) is 0.761. The van der Waals surface area contributed by atoms with Gasteiger partial charge < -0.3 is 0 Å². The molecule has 0 bridgehead atoms. The van der Waals surface area contributed by atoms with E-state index in [9.17, 15) is 4.79 Å². The Morgan fingerprint density at radius 3 is 2.00 bits per heavy atom. The van der Waals surface area contributed by atoms with Crippen LogP contribution in [-0.2, 0) is 0 Å². The predicted molar refractivity (Wildman–Crippen MR) is 104 cm³/mol. The van der Waals surface area contributed by atoms with E-state index in [0.717, 1.165) is 15.8 Å². The minimum atomic E-state index is 0.0133. The molecule has 0 N–H and O–H groups in total.